The third-order valence-electron chi connectivity index (χ3n) is 3.79. The minimum absolute atomic E-state index is 0.0799. The first-order valence-electron chi connectivity index (χ1n) is 6.27. The van der Waals surface area contributed by atoms with Crippen molar-refractivity contribution in [1.29, 1.82) is 0 Å². The summed E-state index contributed by atoms with van der Waals surface area (Å²) in [7, 11) is 2.11. The van der Waals surface area contributed by atoms with Crippen molar-refractivity contribution in [3.63, 3.8) is 0 Å². The predicted molar refractivity (Wildman–Crippen MR) is 62.5 cm³/mol. The summed E-state index contributed by atoms with van der Waals surface area (Å²) in [4.78, 5) is 24.5. The highest BCUT2D eigenvalue weighted by molar-refractivity contribution is 5.89. The lowest BCUT2D eigenvalue weighted by Crippen LogP contribution is -2.29. The number of amides is 1. The van der Waals surface area contributed by atoms with Gasteiger partial charge in [0.2, 0.25) is 5.91 Å². The standard InChI is InChI=1S/C12H20N2O3/c1-14-5-3-8(7-14)2-4-13-11(15)9-6-10(9)12(16)17/h8-10H,2-7H2,1H3,(H,13,15)(H,16,17). The number of nitrogens with one attached hydrogen (secondary N) is 1. The normalized spacial score (nSPS) is 32.4. The highest BCUT2D eigenvalue weighted by Crippen LogP contribution is 2.38. The van der Waals surface area contributed by atoms with Crippen LogP contribution in [0.5, 0.6) is 0 Å². The SMILES string of the molecule is CN1CCC(CCNC(=O)C2CC2C(=O)O)C1. The van der Waals surface area contributed by atoms with Crippen LogP contribution in [0.2, 0.25) is 0 Å². The Morgan fingerprint density at radius 1 is 1.41 bits per heavy atom. The van der Waals surface area contributed by atoms with Crippen LogP contribution in [0.25, 0.3) is 0 Å². The molecule has 1 saturated heterocycles. The Hall–Kier alpha value is -1.10. The van der Waals surface area contributed by atoms with E-state index in [1.807, 2.05) is 0 Å². The highest BCUT2D eigenvalue weighted by Gasteiger charge is 2.48. The molecule has 3 unspecified atom stereocenters. The van der Waals surface area contributed by atoms with Crippen LogP contribution in [-0.4, -0.2) is 48.6 Å². The van der Waals surface area contributed by atoms with E-state index >= 15 is 0 Å². The fourth-order valence-corrected chi connectivity index (χ4v) is 2.55. The van der Waals surface area contributed by atoms with Crippen LogP contribution < -0.4 is 5.32 Å². The molecule has 0 aromatic carbocycles. The number of likely N-dealkylation sites (tertiary alicyclic amines) is 1. The second-order valence-electron chi connectivity index (χ2n) is 5.28. The molecule has 2 aliphatic rings. The van der Waals surface area contributed by atoms with Crippen molar-refractivity contribution in [3.8, 4) is 0 Å². The van der Waals surface area contributed by atoms with Crippen molar-refractivity contribution in [3.05, 3.63) is 0 Å². The summed E-state index contributed by atoms with van der Waals surface area (Å²) in [6, 6.07) is 0. The molecule has 0 spiro atoms. The quantitative estimate of drug-likeness (QED) is 0.718. The van der Waals surface area contributed by atoms with Crippen molar-refractivity contribution in [2.75, 3.05) is 26.7 Å². The predicted octanol–water partition coefficient (Wildman–Crippen LogP) is 0.165. The molecule has 3 atom stereocenters. The zero-order valence-electron chi connectivity index (χ0n) is 10.2. The van der Waals surface area contributed by atoms with Gasteiger partial charge in [-0.15, -0.1) is 0 Å². The van der Waals surface area contributed by atoms with Gasteiger partial charge in [-0.05, 0) is 38.8 Å². The van der Waals surface area contributed by atoms with Gasteiger partial charge in [0, 0.05) is 13.1 Å². The maximum Gasteiger partial charge on any atom is 0.307 e. The molecule has 1 aliphatic heterocycles. The average Bonchev–Trinajstić information content (AvgIpc) is 2.97. The molecule has 0 radical (unpaired) electrons. The Kier molecular flexibility index (Phi) is 3.66. The van der Waals surface area contributed by atoms with Crippen LogP contribution in [0.15, 0.2) is 0 Å². The third kappa shape index (κ3) is 3.19. The Bertz CT molecular complexity index is 319. The first-order chi connectivity index (χ1) is 8.08. The molecule has 2 rings (SSSR count). The minimum atomic E-state index is -0.845. The number of carbonyl (C=O) groups is 2. The smallest absolute Gasteiger partial charge is 0.307 e. The number of hydrogen-bond donors (Lipinski definition) is 2. The Morgan fingerprint density at radius 3 is 2.71 bits per heavy atom. The molecule has 5 heteroatoms. The van der Waals surface area contributed by atoms with E-state index in [0.29, 0.717) is 18.9 Å². The first kappa shape index (κ1) is 12.4. The number of aliphatic carboxylic acids is 1. The third-order valence-corrected chi connectivity index (χ3v) is 3.79. The van der Waals surface area contributed by atoms with Crippen LogP contribution in [0, 0.1) is 17.8 Å². The molecule has 2 N–H and O–H groups in total. The number of nitrogens with zero attached hydrogens (tertiary/aromatic N) is 1. The van der Waals surface area contributed by atoms with Gasteiger partial charge in [0.25, 0.3) is 0 Å². The van der Waals surface area contributed by atoms with Crippen molar-refractivity contribution >= 4 is 11.9 Å². The fourth-order valence-electron chi connectivity index (χ4n) is 2.55. The zero-order chi connectivity index (χ0) is 12.4. The highest BCUT2D eigenvalue weighted by atomic mass is 16.4. The van der Waals surface area contributed by atoms with Gasteiger partial charge < -0.3 is 15.3 Å². The molecule has 0 bridgehead atoms. The van der Waals surface area contributed by atoms with Gasteiger partial charge in [0.05, 0.1) is 11.8 Å². The lowest BCUT2D eigenvalue weighted by Gasteiger charge is -2.10. The monoisotopic (exact) mass is 240 g/mol. The molecule has 17 heavy (non-hydrogen) atoms. The van der Waals surface area contributed by atoms with Gasteiger partial charge in [-0.2, -0.15) is 0 Å². The number of carboxylic acids is 1. The van der Waals surface area contributed by atoms with Crippen molar-refractivity contribution in [2.24, 2.45) is 17.8 Å². The summed E-state index contributed by atoms with van der Waals surface area (Å²) in [5.74, 6) is -0.965. The van der Waals surface area contributed by atoms with Crippen molar-refractivity contribution in [2.45, 2.75) is 19.3 Å². The minimum Gasteiger partial charge on any atom is -0.481 e. The van der Waals surface area contributed by atoms with Gasteiger partial charge >= 0.3 is 5.97 Å². The largest absolute Gasteiger partial charge is 0.481 e. The van der Waals surface area contributed by atoms with E-state index in [0.717, 1.165) is 19.5 Å². The Balaban J connectivity index is 1.60. The maximum atomic E-state index is 11.6. The molecule has 2 fully saturated rings. The number of rotatable bonds is 5. The summed E-state index contributed by atoms with van der Waals surface area (Å²) in [6.45, 7) is 2.93. The van der Waals surface area contributed by atoms with E-state index in [1.54, 1.807) is 0 Å². The molecule has 1 heterocycles. The lowest BCUT2D eigenvalue weighted by atomic mass is 10.1. The molecular formula is C12H20N2O3. The molecule has 1 aliphatic carbocycles. The number of carboxylic acid groups (broad SMARTS) is 1. The second kappa shape index (κ2) is 5.04. The topological polar surface area (TPSA) is 69.6 Å². The molecule has 1 saturated carbocycles. The second-order valence-corrected chi connectivity index (χ2v) is 5.28. The Labute approximate surface area is 101 Å². The van der Waals surface area contributed by atoms with E-state index in [-0.39, 0.29) is 11.8 Å². The summed E-state index contributed by atoms with van der Waals surface area (Å²) in [5, 5.41) is 11.6. The molecule has 1 amide bonds. The van der Waals surface area contributed by atoms with E-state index in [1.165, 1.54) is 6.42 Å². The van der Waals surface area contributed by atoms with Gasteiger partial charge in [-0.3, -0.25) is 9.59 Å². The molecule has 0 aromatic heterocycles. The Morgan fingerprint density at radius 2 is 2.18 bits per heavy atom. The lowest BCUT2D eigenvalue weighted by molar-refractivity contribution is -0.140. The number of carbonyl (C=O) groups excluding carboxylic acids is 1. The average molecular weight is 240 g/mol. The fraction of sp³-hybridized carbons (Fsp3) is 0.833. The zero-order valence-corrected chi connectivity index (χ0v) is 10.2. The summed E-state index contributed by atoms with van der Waals surface area (Å²) in [6.07, 6.45) is 2.71. The molecule has 5 nitrogen and oxygen atoms in total. The molecule has 96 valence electrons. The summed E-state index contributed by atoms with van der Waals surface area (Å²) < 4.78 is 0. The van der Waals surface area contributed by atoms with Gasteiger partial charge in [0.1, 0.15) is 0 Å². The van der Waals surface area contributed by atoms with E-state index in [4.69, 9.17) is 5.11 Å². The maximum absolute atomic E-state index is 11.6. The van der Waals surface area contributed by atoms with Crippen LogP contribution in [0.1, 0.15) is 19.3 Å². The first-order valence-corrected chi connectivity index (χ1v) is 6.27. The van der Waals surface area contributed by atoms with E-state index in [9.17, 15) is 9.59 Å². The summed E-state index contributed by atoms with van der Waals surface area (Å²) >= 11 is 0. The molecule has 0 aromatic rings. The van der Waals surface area contributed by atoms with Crippen LogP contribution in [-0.2, 0) is 9.59 Å². The van der Waals surface area contributed by atoms with Gasteiger partial charge in [-0.25, -0.2) is 0 Å². The summed E-state index contributed by atoms with van der Waals surface area (Å²) in [5.41, 5.74) is 0. The molecular weight excluding hydrogens is 220 g/mol. The van der Waals surface area contributed by atoms with E-state index in [2.05, 4.69) is 17.3 Å². The van der Waals surface area contributed by atoms with Crippen LogP contribution in [0.4, 0.5) is 0 Å². The van der Waals surface area contributed by atoms with E-state index < -0.39 is 11.9 Å². The van der Waals surface area contributed by atoms with Gasteiger partial charge in [0.15, 0.2) is 0 Å². The van der Waals surface area contributed by atoms with Crippen molar-refractivity contribution < 1.29 is 14.7 Å². The van der Waals surface area contributed by atoms with Gasteiger partial charge in [-0.1, -0.05) is 0 Å². The van der Waals surface area contributed by atoms with Crippen LogP contribution in [0.3, 0.4) is 0 Å². The number of hydrogen-bond acceptors (Lipinski definition) is 3. The van der Waals surface area contributed by atoms with Crippen LogP contribution >= 0.6 is 0 Å². The van der Waals surface area contributed by atoms with Crippen molar-refractivity contribution in [1.82, 2.24) is 10.2 Å².